The van der Waals surface area contributed by atoms with Crippen LogP contribution in [0.15, 0.2) is 10.8 Å². The molecule has 1 N–H and O–H groups in total. The van der Waals surface area contributed by atoms with E-state index >= 15 is 0 Å². The average Bonchev–Trinajstić information content (AvgIpc) is 2.82. The summed E-state index contributed by atoms with van der Waals surface area (Å²) in [5, 5.41) is 7.52. The van der Waals surface area contributed by atoms with Gasteiger partial charge in [0.1, 0.15) is 0 Å². The number of rotatable bonds is 4. The third kappa shape index (κ3) is 3.12. The zero-order chi connectivity index (χ0) is 13.0. The lowest BCUT2D eigenvalue weighted by atomic mass is 10.0. The van der Waals surface area contributed by atoms with Gasteiger partial charge in [-0.25, -0.2) is 0 Å². The third-order valence-corrected chi connectivity index (χ3v) is 4.47. The highest BCUT2D eigenvalue weighted by Gasteiger charge is 2.21. The molecule has 0 spiro atoms. The van der Waals surface area contributed by atoms with Gasteiger partial charge in [0.2, 0.25) is 0 Å². The van der Waals surface area contributed by atoms with Gasteiger partial charge in [-0.15, -0.1) is 0 Å². The second-order valence-corrected chi connectivity index (χ2v) is 5.70. The topological polar surface area (TPSA) is 32.3 Å². The van der Waals surface area contributed by atoms with Crippen LogP contribution in [-0.2, 0) is 0 Å². The lowest BCUT2D eigenvalue weighted by Crippen LogP contribution is -2.45. The Kier molecular flexibility index (Phi) is 4.78. The molecule has 0 bridgehead atoms. The van der Waals surface area contributed by atoms with Gasteiger partial charge in [0, 0.05) is 24.5 Å². The van der Waals surface area contributed by atoms with Crippen molar-refractivity contribution >= 4 is 17.2 Å². The highest BCUT2D eigenvalue weighted by Crippen LogP contribution is 2.17. The third-order valence-electron chi connectivity index (χ3n) is 3.61. The van der Waals surface area contributed by atoms with E-state index in [1.165, 1.54) is 19.3 Å². The number of nitrogens with zero attached hydrogens (tertiary/aromatic N) is 1. The molecule has 0 saturated carbocycles. The number of likely N-dealkylation sites (N-methyl/N-ethyl adjacent to an activating group) is 1. The van der Waals surface area contributed by atoms with Crippen molar-refractivity contribution in [3.05, 3.63) is 21.9 Å². The van der Waals surface area contributed by atoms with Crippen molar-refractivity contribution in [1.29, 1.82) is 0 Å². The molecule has 1 saturated heterocycles. The van der Waals surface area contributed by atoms with Crippen molar-refractivity contribution in [2.75, 3.05) is 19.6 Å². The van der Waals surface area contributed by atoms with Crippen molar-refractivity contribution < 1.29 is 4.79 Å². The average molecular weight is 266 g/mol. The number of amides is 1. The van der Waals surface area contributed by atoms with Gasteiger partial charge in [-0.1, -0.05) is 6.42 Å². The molecule has 1 fully saturated rings. The quantitative estimate of drug-likeness (QED) is 0.908. The molecule has 1 aliphatic heterocycles. The van der Waals surface area contributed by atoms with Crippen LogP contribution in [0.5, 0.6) is 0 Å². The Morgan fingerprint density at radius 1 is 1.50 bits per heavy atom. The fourth-order valence-corrected chi connectivity index (χ4v) is 3.27. The molecule has 100 valence electrons. The van der Waals surface area contributed by atoms with Gasteiger partial charge in [0.05, 0.1) is 5.56 Å². The molecular weight excluding hydrogens is 244 g/mol. The molecule has 0 aliphatic carbocycles. The molecule has 1 aliphatic rings. The molecule has 18 heavy (non-hydrogen) atoms. The summed E-state index contributed by atoms with van der Waals surface area (Å²) in [7, 11) is 0. The summed E-state index contributed by atoms with van der Waals surface area (Å²) in [6, 6.07) is 0.474. The molecule has 4 heteroatoms. The van der Waals surface area contributed by atoms with E-state index in [0.29, 0.717) is 6.04 Å². The van der Waals surface area contributed by atoms with Gasteiger partial charge >= 0.3 is 0 Å². The van der Waals surface area contributed by atoms with Crippen LogP contribution in [0.25, 0.3) is 0 Å². The highest BCUT2D eigenvalue weighted by atomic mass is 32.1. The molecular formula is C14H22N2OS. The van der Waals surface area contributed by atoms with Crippen LogP contribution in [0.4, 0.5) is 0 Å². The first-order valence-electron chi connectivity index (χ1n) is 6.77. The predicted octanol–water partition coefficient (Wildman–Crippen LogP) is 2.66. The monoisotopic (exact) mass is 266 g/mol. The Morgan fingerprint density at radius 3 is 2.89 bits per heavy atom. The predicted molar refractivity (Wildman–Crippen MR) is 76.3 cm³/mol. The van der Waals surface area contributed by atoms with Gasteiger partial charge in [-0.2, -0.15) is 11.3 Å². The highest BCUT2D eigenvalue weighted by molar-refractivity contribution is 7.08. The number of carbonyl (C=O) groups is 1. The minimum Gasteiger partial charge on any atom is -0.337 e. The Morgan fingerprint density at radius 2 is 2.33 bits per heavy atom. The van der Waals surface area contributed by atoms with Gasteiger partial charge in [0.25, 0.3) is 5.91 Å². The summed E-state index contributed by atoms with van der Waals surface area (Å²) >= 11 is 1.61. The van der Waals surface area contributed by atoms with Crippen LogP contribution < -0.4 is 5.32 Å². The normalized spacial score (nSPS) is 19.8. The molecule has 1 atom stereocenters. The van der Waals surface area contributed by atoms with Crippen molar-refractivity contribution in [3.8, 4) is 0 Å². The zero-order valence-corrected chi connectivity index (χ0v) is 12.1. The van der Waals surface area contributed by atoms with E-state index in [9.17, 15) is 4.79 Å². The van der Waals surface area contributed by atoms with E-state index in [-0.39, 0.29) is 5.91 Å². The standard InChI is InChI=1S/C14H22N2OS/c1-3-16(8-12-6-4-5-7-15-12)14(17)13-10-18-9-11(13)2/h9-10,12,15H,3-8H2,1-2H3. The van der Waals surface area contributed by atoms with Gasteiger partial charge in [-0.05, 0) is 44.2 Å². The maximum absolute atomic E-state index is 12.4. The number of hydrogen-bond donors (Lipinski definition) is 1. The molecule has 1 aromatic rings. The second kappa shape index (κ2) is 6.34. The molecule has 3 nitrogen and oxygen atoms in total. The van der Waals surface area contributed by atoms with Crippen LogP contribution in [-0.4, -0.2) is 36.5 Å². The molecule has 1 amide bonds. The second-order valence-electron chi connectivity index (χ2n) is 4.96. The number of hydrogen-bond acceptors (Lipinski definition) is 3. The van der Waals surface area contributed by atoms with E-state index in [1.54, 1.807) is 11.3 Å². The summed E-state index contributed by atoms with van der Waals surface area (Å²) in [5.41, 5.74) is 1.97. The molecule has 0 radical (unpaired) electrons. The number of carbonyl (C=O) groups excluding carboxylic acids is 1. The van der Waals surface area contributed by atoms with Crippen LogP contribution in [0.2, 0.25) is 0 Å². The van der Waals surface area contributed by atoms with Gasteiger partial charge in [0.15, 0.2) is 0 Å². The Balaban J connectivity index is 1.99. The summed E-state index contributed by atoms with van der Waals surface area (Å²) in [6.07, 6.45) is 3.73. The maximum Gasteiger partial charge on any atom is 0.255 e. The van der Waals surface area contributed by atoms with Crippen LogP contribution in [0.1, 0.15) is 42.1 Å². The van der Waals surface area contributed by atoms with E-state index in [2.05, 4.69) is 12.2 Å². The van der Waals surface area contributed by atoms with Crippen LogP contribution >= 0.6 is 11.3 Å². The zero-order valence-electron chi connectivity index (χ0n) is 11.2. The van der Waals surface area contributed by atoms with E-state index in [1.807, 2.05) is 22.6 Å². The van der Waals surface area contributed by atoms with Crippen molar-refractivity contribution in [2.24, 2.45) is 0 Å². The molecule has 0 aromatic carbocycles. The fraction of sp³-hybridized carbons (Fsp3) is 0.643. The van der Waals surface area contributed by atoms with E-state index in [4.69, 9.17) is 0 Å². The fourth-order valence-electron chi connectivity index (χ4n) is 2.45. The van der Waals surface area contributed by atoms with E-state index < -0.39 is 0 Å². The Labute approximate surface area is 113 Å². The summed E-state index contributed by atoms with van der Waals surface area (Å²) in [4.78, 5) is 14.4. The first-order valence-corrected chi connectivity index (χ1v) is 7.72. The number of nitrogens with one attached hydrogen (secondary N) is 1. The number of piperidine rings is 1. The largest absolute Gasteiger partial charge is 0.337 e. The lowest BCUT2D eigenvalue weighted by molar-refractivity contribution is 0.0741. The van der Waals surface area contributed by atoms with Gasteiger partial charge in [-0.3, -0.25) is 4.79 Å². The molecule has 2 rings (SSSR count). The first-order chi connectivity index (χ1) is 8.72. The van der Waals surface area contributed by atoms with Crippen LogP contribution in [0, 0.1) is 6.92 Å². The molecule has 2 heterocycles. The first kappa shape index (κ1) is 13.6. The number of thiophene rings is 1. The number of aryl methyl sites for hydroxylation is 1. The Bertz CT molecular complexity index is 396. The molecule has 1 unspecified atom stereocenters. The minimum absolute atomic E-state index is 0.184. The van der Waals surface area contributed by atoms with Crippen molar-refractivity contribution in [2.45, 2.75) is 39.2 Å². The SMILES string of the molecule is CCN(CC1CCCCN1)C(=O)c1cscc1C. The minimum atomic E-state index is 0.184. The summed E-state index contributed by atoms with van der Waals surface area (Å²) in [5.74, 6) is 0.184. The van der Waals surface area contributed by atoms with Gasteiger partial charge < -0.3 is 10.2 Å². The van der Waals surface area contributed by atoms with Crippen molar-refractivity contribution in [3.63, 3.8) is 0 Å². The van der Waals surface area contributed by atoms with Crippen LogP contribution in [0.3, 0.4) is 0 Å². The smallest absolute Gasteiger partial charge is 0.255 e. The summed E-state index contributed by atoms with van der Waals surface area (Å²) < 4.78 is 0. The molecule has 1 aromatic heterocycles. The lowest BCUT2D eigenvalue weighted by Gasteiger charge is -2.30. The van der Waals surface area contributed by atoms with Crippen molar-refractivity contribution in [1.82, 2.24) is 10.2 Å². The summed E-state index contributed by atoms with van der Waals surface area (Å²) in [6.45, 7) is 6.78. The maximum atomic E-state index is 12.4. The Hall–Kier alpha value is -0.870. The van der Waals surface area contributed by atoms with E-state index in [0.717, 1.165) is 30.8 Å².